The van der Waals surface area contributed by atoms with Crippen molar-refractivity contribution in [2.75, 3.05) is 0 Å². The second-order valence-electron chi connectivity index (χ2n) is 3.90. The van der Waals surface area contributed by atoms with Gasteiger partial charge in [-0.1, -0.05) is 0 Å². The van der Waals surface area contributed by atoms with Crippen molar-refractivity contribution < 1.29 is 4.74 Å². The van der Waals surface area contributed by atoms with Crippen molar-refractivity contribution in [1.82, 2.24) is 0 Å². The summed E-state index contributed by atoms with van der Waals surface area (Å²) in [5.41, 5.74) is 0. The summed E-state index contributed by atoms with van der Waals surface area (Å²) >= 11 is 34.3. The van der Waals surface area contributed by atoms with Crippen molar-refractivity contribution in [1.29, 1.82) is 0 Å². The highest BCUT2D eigenvalue weighted by molar-refractivity contribution is 14.1. The third-order valence-corrected chi connectivity index (χ3v) is 15.3. The zero-order valence-electron chi connectivity index (χ0n) is 10.2. The van der Waals surface area contributed by atoms with Gasteiger partial charge >= 0.3 is 0 Å². The van der Waals surface area contributed by atoms with Gasteiger partial charge in [-0.05, 0) is 166 Å². The van der Waals surface area contributed by atoms with Gasteiger partial charge in [-0.2, -0.15) is 0 Å². The Morgan fingerprint density at radius 3 is 1.17 bits per heavy atom. The van der Waals surface area contributed by atoms with Gasteiger partial charge < -0.3 is 4.74 Å². The van der Waals surface area contributed by atoms with E-state index < -0.39 is 0 Å². The Labute approximate surface area is 222 Å². The summed E-state index contributed by atoms with van der Waals surface area (Å²) in [5.74, 6) is 1.30. The van der Waals surface area contributed by atoms with Crippen LogP contribution in [0.1, 0.15) is 0 Å². The molecular formula is C12Br9IO. The first kappa shape index (κ1) is 22.6. The zero-order chi connectivity index (χ0) is 17.6. The van der Waals surface area contributed by atoms with Crippen LogP contribution in [0.2, 0.25) is 0 Å². The van der Waals surface area contributed by atoms with Crippen molar-refractivity contribution in [3.8, 4) is 11.5 Å². The van der Waals surface area contributed by atoms with Crippen LogP contribution in [-0.2, 0) is 0 Å². The largest absolute Gasteiger partial charge is 0.452 e. The quantitative estimate of drug-likeness (QED) is 0.166. The van der Waals surface area contributed by atoms with Gasteiger partial charge in [0, 0.05) is 12.5 Å². The van der Waals surface area contributed by atoms with Gasteiger partial charge in [0.1, 0.15) is 0 Å². The number of benzene rings is 2. The first-order valence-corrected chi connectivity index (χ1v) is 13.5. The van der Waals surface area contributed by atoms with Gasteiger partial charge in [0.25, 0.3) is 0 Å². The highest BCUT2D eigenvalue weighted by Crippen LogP contribution is 2.53. The van der Waals surface area contributed by atoms with E-state index >= 15 is 0 Å². The van der Waals surface area contributed by atoms with E-state index in [0.717, 1.165) is 43.8 Å². The third-order valence-electron chi connectivity index (χ3n) is 2.54. The van der Waals surface area contributed by atoms with E-state index in [-0.39, 0.29) is 0 Å². The molecule has 0 aliphatic rings. The van der Waals surface area contributed by atoms with E-state index in [0.29, 0.717) is 11.5 Å². The Kier molecular flexibility index (Phi) is 9.02. The SMILES string of the molecule is Brc1c(Br)c(Br)c(Oc2c(Br)c(Br)c(Br)c(I)c2Br)c(Br)c1Br. The van der Waals surface area contributed by atoms with Crippen LogP contribution in [0.4, 0.5) is 0 Å². The molecule has 11 heteroatoms. The fourth-order valence-electron chi connectivity index (χ4n) is 1.45. The second-order valence-corrected chi connectivity index (χ2v) is 12.1. The molecule has 2 rings (SSSR count). The standard InChI is InChI=1S/C12Br9IO/c13-1-2(14)6(18)11(7(19)3(1)15)23-12-8(20)4(16)5(17)10(22)9(12)21. The molecular weight excluding hydrogens is 1010 g/mol. The fraction of sp³-hybridized carbons (Fsp3) is 0. The Hall–Kier alpha value is 3.29. The molecule has 0 N–H and O–H groups in total. The van der Waals surface area contributed by atoms with Gasteiger partial charge in [-0.3, -0.25) is 0 Å². The Morgan fingerprint density at radius 2 is 0.739 bits per heavy atom. The Bertz CT molecular complexity index is 696. The molecule has 0 atom stereocenters. The monoisotopic (exact) mass is 997 g/mol. The van der Waals surface area contributed by atoms with Gasteiger partial charge in [0.2, 0.25) is 0 Å². The normalized spacial score (nSPS) is 11.0. The van der Waals surface area contributed by atoms with Crippen LogP contribution in [0, 0.1) is 3.57 Å². The van der Waals surface area contributed by atoms with Crippen molar-refractivity contribution in [2.45, 2.75) is 0 Å². The minimum atomic E-state index is 0.637. The highest BCUT2D eigenvalue weighted by atomic mass is 127. The summed E-state index contributed by atoms with van der Waals surface area (Å²) in [6, 6.07) is 0. The maximum Gasteiger partial charge on any atom is 0.158 e. The summed E-state index contributed by atoms with van der Waals surface area (Å²) in [7, 11) is 0. The molecule has 0 unspecified atom stereocenters. The van der Waals surface area contributed by atoms with E-state index in [1.807, 2.05) is 0 Å². The molecule has 0 saturated heterocycles. The van der Waals surface area contributed by atoms with Gasteiger partial charge in [0.15, 0.2) is 11.5 Å². The van der Waals surface area contributed by atoms with E-state index in [1.54, 1.807) is 0 Å². The van der Waals surface area contributed by atoms with Gasteiger partial charge in [0.05, 0.1) is 31.3 Å². The summed E-state index contributed by atoms with van der Waals surface area (Å²) in [6.07, 6.45) is 0. The van der Waals surface area contributed by atoms with Crippen molar-refractivity contribution in [3.05, 3.63) is 43.8 Å². The first-order valence-electron chi connectivity index (χ1n) is 5.30. The van der Waals surface area contributed by atoms with Gasteiger partial charge in [-0.15, -0.1) is 0 Å². The van der Waals surface area contributed by atoms with E-state index in [4.69, 9.17) is 4.74 Å². The number of hydrogen-bond acceptors (Lipinski definition) is 1. The highest BCUT2D eigenvalue weighted by Gasteiger charge is 2.24. The Morgan fingerprint density at radius 1 is 0.435 bits per heavy atom. The minimum absolute atomic E-state index is 0.637. The number of halogens is 10. The van der Waals surface area contributed by atoms with Crippen molar-refractivity contribution >= 4 is 166 Å². The number of hydrogen-bond donors (Lipinski definition) is 0. The number of rotatable bonds is 2. The van der Waals surface area contributed by atoms with Crippen LogP contribution < -0.4 is 4.74 Å². The van der Waals surface area contributed by atoms with Crippen molar-refractivity contribution in [2.24, 2.45) is 0 Å². The molecule has 2 aromatic carbocycles. The molecule has 0 aliphatic carbocycles. The third kappa shape index (κ3) is 4.49. The lowest BCUT2D eigenvalue weighted by Gasteiger charge is -2.18. The maximum absolute atomic E-state index is 6.21. The molecule has 0 radical (unpaired) electrons. The molecule has 0 saturated carbocycles. The molecule has 2 aromatic rings. The molecule has 1 nitrogen and oxygen atoms in total. The maximum atomic E-state index is 6.21. The summed E-state index contributed by atoms with van der Waals surface area (Å²) in [6.45, 7) is 0. The topological polar surface area (TPSA) is 9.23 Å². The fourth-order valence-corrected chi connectivity index (χ4v) is 8.04. The minimum Gasteiger partial charge on any atom is -0.452 e. The molecule has 0 aromatic heterocycles. The Balaban J connectivity index is 2.71. The van der Waals surface area contributed by atoms with Crippen molar-refractivity contribution in [3.63, 3.8) is 0 Å². The molecule has 0 bridgehead atoms. The van der Waals surface area contributed by atoms with E-state index in [1.165, 1.54) is 0 Å². The predicted molar refractivity (Wildman–Crippen MR) is 135 cm³/mol. The molecule has 0 heterocycles. The number of ether oxygens (including phenoxy) is 1. The van der Waals surface area contributed by atoms with Crippen LogP contribution in [0.3, 0.4) is 0 Å². The van der Waals surface area contributed by atoms with Gasteiger partial charge in [-0.25, -0.2) is 0 Å². The molecule has 0 amide bonds. The smallest absolute Gasteiger partial charge is 0.158 e. The predicted octanol–water partition coefficient (Wildman–Crippen LogP) is 10.9. The molecule has 0 aliphatic heterocycles. The molecule has 23 heavy (non-hydrogen) atoms. The summed E-state index contributed by atoms with van der Waals surface area (Å²) in [4.78, 5) is 0. The molecule has 124 valence electrons. The van der Waals surface area contributed by atoms with Crippen LogP contribution >= 0.6 is 166 Å². The van der Waals surface area contributed by atoms with E-state index in [9.17, 15) is 0 Å². The zero-order valence-corrected chi connectivity index (χ0v) is 26.6. The lowest BCUT2D eigenvalue weighted by Crippen LogP contribution is -1.95. The lowest BCUT2D eigenvalue weighted by atomic mass is 10.3. The molecule has 0 fully saturated rings. The van der Waals surface area contributed by atoms with E-state index in [2.05, 4.69) is 166 Å². The van der Waals surface area contributed by atoms with Crippen LogP contribution in [-0.4, -0.2) is 0 Å². The average Bonchev–Trinajstić information content (AvgIpc) is 2.54. The van der Waals surface area contributed by atoms with Crippen LogP contribution in [0.15, 0.2) is 40.3 Å². The average molecular weight is 1010 g/mol. The second kappa shape index (κ2) is 9.19. The molecule has 0 spiro atoms. The summed E-state index contributed by atoms with van der Waals surface area (Å²) < 4.78 is 14.8. The lowest BCUT2D eigenvalue weighted by molar-refractivity contribution is 0.468. The van der Waals surface area contributed by atoms with Crippen LogP contribution in [0.5, 0.6) is 11.5 Å². The first-order chi connectivity index (χ1) is 10.6. The van der Waals surface area contributed by atoms with Crippen LogP contribution in [0.25, 0.3) is 0 Å². The summed E-state index contributed by atoms with van der Waals surface area (Å²) in [5, 5.41) is 0.